The molecule has 0 aliphatic rings. The van der Waals surface area contributed by atoms with E-state index in [9.17, 15) is 18.0 Å². The molecule has 10 heteroatoms. The van der Waals surface area contributed by atoms with Crippen LogP contribution < -0.4 is 4.80 Å². The minimum Gasteiger partial charge on any atom is -0.465 e. The Morgan fingerprint density at radius 2 is 1.70 bits per heavy atom. The second kappa shape index (κ2) is 11.2. The highest BCUT2D eigenvalue weighted by molar-refractivity contribution is 7.89. The summed E-state index contributed by atoms with van der Waals surface area (Å²) in [5, 5.41) is 0. The number of nitrogens with zero attached hydrogens (tertiary/aromatic N) is 3. The molecular weight excluding hydrogens is 510 g/mol. The summed E-state index contributed by atoms with van der Waals surface area (Å²) in [6, 6.07) is 20.7. The molecule has 0 unspecified atom stereocenters. The number of sulfonamides is 1. The molecular formula is C27H27N3O5S2. The molecule has 1 amide bonds. The molecule has 192 valence electrons. The number of ether oxygens (including phenoxy) is 1. The summed E-state index contributed by atoms with van der Waals surface area (Å²) >= 11 is 1.30. The second-order valence-electron chi connectivity index (χ2n) is 8.39. The van der Waals surface area contributed by atoms with Gasteiger partial charge in [0.1, 0.15) is 6.54 Å². The van der Waals surface area contributed by atoms with Crippen molar-refractivity contribution < 1.29 is 22.7 Å². The van der Waals surface area contributed by atoms with Crippen LogP contribution in [0.2, 0.25) is 0 Å². The summed E-state index contributed by atoms with van der Waals surface area (Å²) in [7, 11) is -2.23. The third kappa shape index (κ3) is 5.87. The van der Waals surface area contributed by atoms with Gasteiger partial charge in [-0.1, -0.05) is 53.8 Å². The zero-order valence-corrected chi connectivity index (χ0v) is 22.4. The number of amides is 1. The summed E-state index contributed by atoms with van der Waals surface area (Å²) in [4.78, 5) is 30.0. The number of carbonyl (C=O) groups excluding carboxylic acids is 2. The van der Waals surface area contributed by atoms with Crippen LogP contribution in [0.5, 0.6) is 0 Å². The highest BCUT2D eigenvalue weighted by Crippen LogP contribution is 2.22. The first-order valence-corrected chi connectivity index (χ1v) is 13.9. The van der Waals surface area contributed by atoms with Gasteiger partial charge >= 0.3 is 5.97 Å². The lowest BCUT2D eigenvalue weighted by Crippen LogP contribution is -2.26. The molecule has 0 saturated heterocycles. The molecule has 37 heavy (non-hydrogen) atoms. The Hall–Kier alpha value is -3.60. The van der Waals surface area contributed by atoms with Gasteiger partial charge in [-0.2, -0.15) is 9.30 Å². The van der Waals surface area contributed by atoms with Crippen molar-refractivity contribution in [1.82, 2.24) is 8.87 Å². The number of benzene rings is 3. The van der Waals surface area contributed by atoms with E-state index in [0.717, 1.165) is 21.3 Å². The van der Waals surface area contributed by atoms with E-state index in [4.69, 9.17) is 4.74 Å². The number of esters is 1. The van der Waals surface area contributed by atoms with Gasteiger partial charge in [-0.05, 0) is 55.3 Å². The van der Waals surface area contributed by atoms with E-state index in [2.05, 4.69) is 4.99 Å². The van der Waals surface area contributed by atoms with Gasteiger partial charge in [-0.25, -0.2) is 8.42 Å². The average molecular weight is 538 g/mol. The van der Waals surface area contributed by atoms with Gasteiger partial charge < -0.3 is 9.30 Å². The van der Waals surface area contributed by atoms with E-state index in [-0.39, 0.29) is 30.2 Å². The van der Waals surface area contributed by atoms with E-state index in [1.807, 2.05) is 55.5 Å². The van der Waals surface area contributed by atoms with Crippen molar-refractivity contribution in [3.63, 3.8) is 0 Å². The fourth-order valence-electron chi connectivity index (χ4n) is 3.90. The van der Waals surface area contributed by atoms with Crippen LogP contribution in [-0.4, -0.2) is 42.8 Å². The first-order chi connectivity index (χ1) is 17.7. The maximum Gasteiger partial charge on any atom is 0.326 e. The molecule has 8 nitrogen and oxygen atoms in total. The fourth-order valence-corrected chi connectivity index (χ4v) is 6.17. The van der Waals surface area contributed by atoms with Crippen molar-refractivity contribution in [3.8, 4) is 0 Å². The van der Waals surface area contributed by atoms with Gasteiger partial charge in [-0.15, -0.1) is 0 Å². The van der Waals surface area contributed by atoms with Crippen LogP contribution in [0, 0.1) is 6.92 Å². The Morgan fingerprint density at radius 1 is 1.00 bits per heavy atom. The Balaban J connectivity index is 1.63. The van der Waals surface area contributed by atoms with E-state index in [0.29, 0.717) is 4.80 Å². The number of hydrogen-bond donors (Lipinski definition) is 0. The van der Waals surface area contributed by atoms with Gasteiger partial charge in [0.15, 0.2) is 4.80 Å². The van der Waals surface area contributed by atoms with E-state index in [1.165, 1.54) is 47.0 Å². The SMILES string of the molecule is CCOC(=O)Cn1c(=NC(=O)c2ccc(S(=O)(=O)N(C)Cc3ccccc3)cc2)sc2cccc(C)c21. The van der Waals surface area contributed by atoms with Crippen molar-refractivity contribution >= 4 is 43.5 Å². The highest BCUT2D eigenvalue weighted by Gasteiger charge is 2.21. The van der Waals surface area contributed by atoms with Crippen molar-refractivity contribution in [2.24, 2.45) is 4.99 Å². The lowest BCUT2D eigenvalue weighted by Gasteiger charge is -2.17. The third-order valence-electron chi connectivity index (χ3n) is 5.75. The molecule has 1 aromatic heterocycles. The number of rotatable bonds is 8. The maximum atomic E-state index is 13.0. The number of thiazole rings is 1. The smallest absolute Gasteiger partial charge is 0.326 e. The molecule has 0 atom stereocenters. The van der Waals surface area contributed by atoms with Crippen LogP contribution in [0.1, 0.15) is 28.4 Å². The summed E-state index contributed by atoms with van der Waals surface area (Å²) in [5.74, 6) is -0.961. The number of aromatic nitrogens is 1. The van der Waals surface area contributed by atoms with Crippen LogP contribution in [0.4, 0.5) is 0 Å². The highest BCUT2D eigenvalue weighted by atomic mass is 32.2. The molecule has 0 fully saturated rings. The van der Waals surface area contributed by atoms with E-state index >= 15 is 0 Å². The van der Waals surface area contributed by atoms with Crippen molar-refractivity contribution in [2.75, 3.05) is 13.7 Å². The van der Waals surface area contributed by atoms with Crippen molar-refractivity contribution in [1.29, 1.82) is 0 Å². The molecule has 4 rings (SSSR count). The Kier molecular flexibility index (Phi) is 8.01. The van der Waals surface area contributed by atoms with Crippen LogP contribution >= 0.6 is 11.3 Å². The van der Waals surface area contributed by atoms with Gasteiger partial charge in [0, 0.05) is 19.2 Å². The first kappa shape index (κ1) is 26.5. The van der Waals surface area contributed by atoms with Crippen molar-refractivity contribution in [2.45, 2.75) is 31.8 Å². The fraction of sp³-hybridized carbons (Fsp3) is 0.222. The molecule has 3 aromatic carbocycles. The molecule has 0 saturated carbocycles. The van der Waals surface area contributed by atoms with Gasteiger partial charge in [0.05, 0.1) is 21.7 Å². The Bertz CT molecular complexity index is 1610. The number of para-hydroxylation sites is 1. The standard InChI is InChI=1S/C27H27N3O5S2/c1-4-35-24(31)18-30-25-19(2)9-8-12-23(25)36-27(30)28-26(32)21-13-15-22(16-14-21)37(33,34)29(3)17-20-10-6-5-7-11-20/h5-16H,4,17-18H2,1-3H3. The molecule has 0 radical (unpaired) electrons. The largest absolute Gasteiger partial charge is 0.465 e. The van der Waals surface area contributed by atoms with E-state index in [1.54, 1.807) is 11.5 Å². The Labute approximate surface area is 219 Å². The van der Waals surface area contributed by atoms with Gasteiger partial charge in [0.25, 0.3) is 5.91 Å². The third-order valence-corrected chi connectivity index (χ3v) is 8.61. The number of carbonyl (C=O) groups is 2. The lowest BCUT2D eigenvalue weighted by atomic mass is 10.2. The summed E-state index contributed by atoms with van der Waals surface area (Å²) in [6.45, 7) is 4.07. The summed E-state index contributed by atoms with van der Waals surface area (Å²) < 4.78 is 35.0. The molecule has 0 spiro atoms. The Morgan fingerprint density at radius 3 is 2.38 bits per heavy atom. The molecule has 0 aliphatic carbocycles. The normalized spacial score (nSPS) is 12.3. The summed E-state index contributed by atoms with van der Waals surface area (Å²) in [6.07, 6.45) is 0. The minimum atomic E-state index is -3.75. The molecule has 0 N–H and O–H groups in total. The zero-order chi connectivity index (χ0) is 26.6. The minimum absolute atomic E-state index is 0.0737. The lowest BCUT2D eigenvalue weighted by molar-refractivity contribution is -0.143. The predicted molar refractivity (Wildman–Crippen MR) is 143 cm³/mol. The molecule has 4 aromatic rings. The van der Waals surface area contributed by atoms with Gasteiger partial charge in [0.2, 0.25) is 10.0 Å². The van der Waals surface area contributed by atoms with Gasteiger partial charge in [-0.3, -0.25) is 9.59 Å². The number of hydrogen-bond acceptors (Lipinski definition) is 6. The second-order valence-corrected chi connectivity index (χ2v) is 11.4. The first-order valence-electron chi connectivity index (χ1n) is 11.6. The number of aryl methyl sites for hydroxylation is 1. The quantitative estimate of drug-likeness (QED) is 0.315. The average Bonchev–Trinajstić information content (AvgIpc) is 3.22. The monoisotopic (exact) mass is 537 g/mol. The van der Waals surface area contributed by atoms with Crippen LogP contribution in [0.15, 0.2) is 82.7 Å². The zero-order valence-electron chi connectivity index (χ0n) is 20.7. The predicted octanol–water partition coefficient (Wildman–Crippen LogP) is 4.14. The summed E-state index contributed by atoms with van der Waals surface area (Å²) in [5.41, 5.74) is 2.87. The molecule has 1 heterocycles. The molecule has 0 aliphatic heterocycles. The topological polar surface area (TPSA) is 98.0 Å². The number of fused-ring (bicyclic) bond motifs is 1. The van der Waals surface area contributed by atoms with Crippen LogP contribution in [0.25, 0.3) is 10.2 Å². The van der Waals surface area contributed by atoms with Crippen LogP contribution in [0.3, 0.4) is 0 Å². The maximum absolute atomic E-state index is 13.0. The molecule has 0 bridgehead atoms. The van der Waals surface area contributed by atoms with Crippen LogP contribution in [-0.2, 0) is 32.6 Å². The van der Waals surface area contributed by atoms with E-state index < -0.39 is 21.9 Å². The van der Waals surface area contributed by atoms with Crippen molar-refractivity contribution in [3.05, 3.63) is 94.3 Å².